The lowest BCUT2D eigenvalue weighted by Crippen LogP contribution is -2.33. The van der Waals surface area contributed by atoms with Gasteiger partial charge in [0.15, 0.2) is 0 Å². The van der Waals surface area contributed by atoms with Crippen LogP contribution >= 0.6 is 11.3 Å². The minimum Gasteiger partial charge on any atom is -0.425 e. The number of rotatable bonds is 5. The summed E-state index contributed by atoms with van der Waals surface area (Å²) in [4.78, 5) is 24.3. The highest BCUT2D eigenvalue weighted by Gasteiger charge is 2.25. The van der Waals surface area contributed by atoms with Gasteiger partial charge in [-0.3, -0.25) is 4.79 Å². The summed E-state index contributed by atoms with van der Waals surface area (Å²) < 4.78 is 36.5. The number of fused-ring (bicyclic) bond motifs is 3. The highest BCUT2D eigenvalue weighted by Crippen LogP contribution is 2.29. The monoisotopic (exact) mass is 419 g/mol. The van der Waals surface area contributed by atoms with Crippen molar-refractivity contribution in [2.24, 2.45) is 0 Å². The number of thiophene rings is 1. The Kier molecular flexibility index (Phi) is 4.82. The Bertz CT molecular complexity index is 1210. The highest BCUT2D eigenvalue weighted by atomic mass is 32.2. The Morgan fingerprint density at radius 2 is 2.04 bits per heavy atom. The van der Waals surface area contributed by atoms with Gasteiger partial charge in [-0.2, -0.15) is 4.31 Å². The van der Waals surface area contributed by atoms with Crippen LogP contribution in [-0.2, 0) is 27.7 Å². The molecule has 0 fully saturated rings. The topological polar surface area (TPSA) is 93.9 Å². The zero-order valence-electron chi connectivity index (χ0n) is 15.0. The number of nitrogens with zero attached hydrogens (tertiary/aromatic N) is 1. The first-order chi connectivity index (χ1) is 13.4. The number of sulfonamides is 1. The summed E-state index contributed by atoms with van der Waals surface area (Å²) in [7, 11) is -2.42. The third-order valence-electron chi connectivity index (χ3n) is 4.69. The Labute approximate surface area is 165 Å². The Morgan fingerprint density at radius 3 is 2.79 bits per heavy atom. The van der Waals surface area contributed by atoms with Crippen LogP contribution in [0.3, 0.4) is 0 Å². The maximum absolute atomic E-state index is 12.4. The van der Waals surface area contributed by atoms with E-state index in [2.05, 4.69) is 0 Å². The van der Waals surface area contributed by atoms with E-state index in [0.29, 0.717) is 5.58 Å². The molecule has 0 saturated heterocycles. The number of ether oxygens (including phenoxy) is 1. The average Bonchev–Trinajstić information content (AvgIpc) is 3.34. The largest absolute Gasteiger partial charge is 0.425 e. The zero-order chi connectivity index (χ0) is 19.9. The number of benzene rings is 1. The van der Waals surface area contributed by atoms with Crippen molar-refractivity contribution in [3.63, 3.8) is 0 Å². The quantitative estimate of drug-likeness (QED) is 0.358. The average molecular weight is 419 g/mol. The van der Waals surface area contributed by atoms with E-state index in [0.717, 1.165) is 51.4 Å². The molecule has 1 aromatic carbocycles. The molecule has 2 aromatic heterocycles. The minimum atomic E-state index is -3.74. The molecule has 0 saturated carbocycles. The van der Waals surface area contributed by atoms with Gasteiger partial charge in [0.1, 0.15) is 22.1 Å². The third-order valence-corrected chi connectivity index (χ3v) is 7.86. The summed E-state index contributed by atoms with van der Waals surface area (Å²) in [6, 6.07) is 7.97. The SMILES string of the molecule is CN(CC(=O)Oc1ccc2c3c(c(=O)oc2c1)CCC3)S(=O)(=O)c1cccs1. The molecular weight excluding hydrogens is 402 g/mol. The maximum Gasteiger partial charge on any atom is 0.339 e. The van der Waals surface area contributed by atoms with E-state index in [1.807, 2.05) is 0 Å². The fourth-order valence-electron chi connectivity index (χ4n) is 3.32. The molecule has 0 unspecified atom stereocenters. The molecule has 0 atom stereocenters. The third kappa shape index (κ3) is 3.36. The number of hydrogen-bond acceptors (Lipinski definition) is 7. The van der Waals surface area contributed by atoms with Gasteiger partial charge in [-0.05, 0) is 48.4 Å². The molecule has 4 rings (SSSR count). The normalized spacial score (nSPS) is 13.8. The van der Waals surface area contributed by atoms with E-state index in [4.69, 9.17) is 9.15 Å². The van der Waals surface area contributed by atoms with Gasteiger partial charge in [0.25, 0.3) is 10.0 Å². The maximum atomic E-state index is 12.4. The van der Waals surface area contributed by atoms with Crippen molar-refractivity contribution in [3.8, 4) is 5.75 Å². The van der Waals surface area contributed by atoms with Crippen molar-refractivity contribution < 1.29 is 22.4 Å². The first kappa shape index (κ1) is 18.9. The molecule has 0 bridgehead atoms. The van der Waals surface area contributed by atoms with Gasteiger partial charge < -0.3 is 9.15 Å². The van der Waals surface area contributed by atoms with Crippen LogP contribution in [0.25, 0.3) is 11.0 Å². The molecule has 146 valence electrons. The van der Waals surface area contributed by atoms with Gasteiger partial charge in [-0.15, -0.1) is 11.3 Å². The van der Waals surface area contributed by atoms with E-state index < -0.39 is 22.5 Å². The first-order valence-corrected chi connectivity index (χ1v) is 11.0. The summed E-state index contributed by atoms with van der Waals surface area (Å²) in [5, 5.41) is 2.49. The van der Waals surface area contributed by atoms with Crippen LogP contribution in [0.5, 0.6) is 5.75 Å². The molecule has 7 nitrogen and oxygen atoms in total. The summed E-state index contributed by atoms with van der Waals surface area (Å²) in [5.41, 5.74) is 1.71. The lowest BCUT2D eigenvalue weighted by molar-refractivity contribution is -0.134. The summed E-state index contributed by atoms with van der Waals surface area (Å²) in [6.07, 6.45) is 2.46. The molecule has 9 heteroatoms. The van der Waals surface area contributed by atoms with Gasteiger partial charge in [0.2, 0.25) is 0 Å². The van der Waals surface area contributed by atoms with Crippen molar-refractivity contribution in [1.82, 2.24) is 4.31 Å². The molecule has 0 aliphatic heterocycles. The number of esters is 1. The van der Waals surface area contributed by atoms with E-state index in [1.54, 1.807) is 23.6 Å². The Balaban J connectivity index is 1.53. The van der Waals surface area contributed by atoms with Crippen LogP contribution < -0.4 is 10.4 Å². The highest BCUT2D eigenvalue weighted by molar-refractivity contribution is 7.91. The number of carbonyl (C=O) groups is 1. The molecular formula is C19H17NO6S2. The van der Waals surface area contributed by atoms with Crippen LogP contribution in [0, 0.1) is 0 Å². The van der Waals surface area contributed by atoms with Crippen molar-refractivity contribution in [1.29, 1.82) is 0 Å². The summed E-state index contributed by atoms with van der Waals surface area (Å²) >= 11 is 1.08. The Morgan fingerprint density at radius 1 is 1.25 bits per heavy atom. The number of hydrogen-bond donors (Lipinski definition) is 0. The molecule has 0 spiro atoms. The fraction of sp³-hybridized carbons (Fsp3) is 0.263. The molecule has 28 heavy (non-hydrogen) atoms. The molecule has 1 aliphatic rings. The van der Waals surface area contributed by atoms with Gasteiger partial charge in [-0.25, -0.2) is 13.2 Å². The second-order valence-corrected chi connectivity index (χ2v) is 9.74. The van der Waals surface area contributed by atoms with Crippen molar-refractivity contribution in [2.45, 2.75) is 23.5 Å². The number of carbonyl (C=O) groups excluding carboxylic acids is 1. The van der Waals surface area contributed by atoms with Crippen LogP contribution in [-0.4, -0.2) is 32.3 Å². The number of likely N-dealkylation sites (N-methyl/N-ethyl adjacent to an activating group) is 1. The predicted octanol–water partition coefficient (Wildman–Crippen LogP) is 2.57. The van der Waals surface area contributed by atoms with E-state index in [1.165, 1.54) is 19.2 Å². The van der Waals surface area contributed by atoms with Gasteiger partial charge in [0.05, 0.1) is 0 Å². The zero-order valence-corrected chi connectivity index (χ0v) is 16.6. The number of aryl methyl sites for hydroxylation is 1. The second kappa shape index (κ2) is 7.16. The lowest BCUT2D eigenvalue weighted by Gasteiger charge is -2.15. The molecule has 0 N–H and O–H groups in total. The first-order valence-electron chi connectivity index (χ1n) is 8.65. The van der Waals surface area contributed by atoms with Crippen molar-refractivity contribution in [3.05, 3.63) is 57.3 Å². The lowest BCUT2D eigenvalue weighted by atomic mass is 10.1. The van der Waals surface area contributed by atoms with Crippen LogP contribution in [0.4, 0.5) is 0 Å². The molecule has 2 heterocycles. The molecule has 3 aromatic rings. The summed E-state index contributed by atoms with van der Waals surface area (Å²) in [6.45, 7) is -0.438. The standard InChI is InChI=1S/C19H17NO6S2/c1-20(28(23,24)18-6-3-9-27-18)11-17(21)25-12-7-8-14-13-4-2-5-15(13)19(22)26-16(14)10-12/h3,6-10H,2,4-5,11H2,1H3. The van der Waals surface area contributed by atoms with Crippen molar-refractivity contribution in [2.75, 3.05) is 13.6 Å². The van der Waals surface area contributed by atoms with Crippen LogP contribution in [0.2, 0.25) is 0 Å². The van der Waals surface area contributed by atoms with Gasteiger partial charge >= 0.3 is 11.6 Å². The second-order valence-electron chi connectivity index (χ2n) is 6.53. The molecule has 0 amide bonds. The van der Waals surface area contributed by atoms with E-state index in [9.17, 15) is 18.0 Å². The fourth-order valence-corrected chi connectivity index (χ4v) is 5.64. The van der Waals surface area contributed by atoms with Gasteiger partial charge in [0, 0.05) is 24.1 Å². The molecule has 0 radical (unpaired) electrons. The van der Waals surface area contributed by atoms with Crippen LogP contribution in [0.1, 0.15) is 17.5 Å². The van der Waals surface area contributed by atoms with E-state index >= 15 is 0 Å². The predicted molar refractivity (Wildman–Crippen MR) is 104 cm³/mol. The summed E-state index contributed by atoms with van der Waals surface area (Å²) in [5.74, 6) is -0.536. The van der Waals surface area contributed by atoms with Crippen molar-refractivity contribution >= 4 is 38.3 Å². The van der Waals surface area contributed by atoms with E-state index in [-0.39, 0.29) is 15.6 Å². The smallest absolute Gasteiger partial charge is 0.339 e. The van der Waals surface area contributed by atoms with Crippen LogP contribution in [0.15, 0.2) is 49.1 Å². The Hall–Kier alpha value is -2.49. The molecule has 1 aliphatic carbocycles. The minimum absolute atomic E-state index is 0.157. The van der Waals surface area contributed by atoms with Gasteiger partial charge in [-0.1, -0.05) is 6.07 Å².